The number of nitrogens with one attached hydrogen (secondary N) is 1. The molecule has 1 heteroatoms. The Morgan fingerprint density at radius 2 is 2.00 bits per heavy atom. The highest BCUT2D eigenvalue weighted by molar-refractivity contribution is 5.35. The van der Waals surface area contributed by atoms with E-state index in [2.05, 4.69) is 37.4 Å². The fourth-order valence-electron chi connectivity index (χ4n) is 2.79. The summed E-state index contributed by atoms with van der Waals surface area (Å²) in [6, 6.07) is 7.77. The van der Waals surface area contributed by atoms with Crippen LogP contribution in [0.2, 0.25) is 0 Å². The number of hydrogen-bond donors (Lipinski definition) is 1. The van der Waals surface area contributed by atoms with Gasteiger partial charge in [-0.05, 0) is 47.8 Å². The number of benzene rings is 1. The van der Waals surface area contributed by atoms with E-state index < -0.39 is 0 Å². The van der Waals surface area contributed by atoms with Crippen LogP contribution in [0.15, 0.2) is 18.2 Å². The Balaban J connectivity index is 1.63. The lowest BCUT2D eigenvalue weighted by Crippen LogP contribution is -2.19. The minimum Gasteiger partial charge on any atom is -0.309 e. The maximum Gasteiger partial charge on any atom is 0.0208 e. The zero-order valence-electron chi connectivity index (χ0n) is 10.3. The van der Waals surface area contributed by atoms with Crippen molar-refractivity contribution in [2.45, 2.75) is 52.1 Å². The van der Waals surface area contributed by atoms with Gasteiger partial charge in [0, 0.05) is 12.6 Å². The van der Waals surface area contributed by atoms with Crippen LogP contribution in [-0.2, 0) is 19.4 Å². The number of hydrogen-bond acceptors (Lipinski definition) is 1. The topological polar surface area (TPSA) is 12.0 Å². The second-order valence-corrected chi connectivity index (χ2v) is 6.08. The number of aryl methyl sites for hydroxylation is 2. The minimum atomic E-state index is 0.538. The molecule has 0 spiro atoms. The molecule has 0 aromatic heterocycles. The summed E-state index contributed by atoms with van der Waals surface area (Å²) in [5.41, 5.74) is 5.17. The SMILES string of the molecule is CC1(C)CC1NCc1ccc2c(c1)CCC2. The van der Waals surface area contributed by atoms with E-state index in [0.717, 1.165) is 12.6 Å². The van der Waals surface area contributed by atoms with Crippen LogP contribution >= 0.6 is 0 Å². The molecule has 1 unspecified atom stereocenters. The fourth-order valence-corrected chi connectivity index (χ4v) is 2.79. The molecule has 1 N–H and O–H groups in total. The maximum atomic E-state index is 3.65. The van der Waals surface area contributed by atoms with Gasteiger partial charge in [-0.25, -0.2) is 0 Å². The Bertz CT molecular complexity index is 406. The highest BCUT2D eigenvalue weighted by atomic mass is 15.0. The fraction of sp³-hybridized carbons (Fsp3) is 0.600. The van der Waals surface area contributed by atoms with Crippen molar-refractivity contribution in [2.75, 3.05) is 0 Å². The quantitative estimate of drug-likeness (QED) is 0.817. The Morgan fingerprint density at radius 1 is 1.25 bits per heavy atom. The van der Waals surface area contributed by atoms with Crippen molar-refractivity contribution in [1.29, 1.82) is 0 Å². The van der Waals surface area contributed by atoms with Crippen LogP contribution in [0, 0.1) is 5.41 Å². The summed E-state index contributed by atoms with van der Waals surface area (Å²) in [6.45, 7) is 5.72. The molecule has 1 atom stereocenters. The van der Waals surface area contributed by atoms with Gasteiger partial charge in [0.25, 0.3) is 0 Å². The molecule has 0 heterocycles. The standard InChI is InChI=1S/C15H21N/c1-15(2)9-14(15)16-10-11-6-7-12-4-3-5-13(12)8-11/h6-8,14,16H,3-5,9-10H2,1-2H3. The highest BCUT2D eigenvalue weighted by Crippen LogP contribution is 2.44. The van der Waals surface area contributed by atoms with Crippen molar-refractivity contribution in [3.05, 3.63) is 34.9 Å². The first-order valence-electron chi connectivity index (χ1n) is 6.49. The summed E-state index contributed by atoms with van der Waals surface area (Å²) >= 11 is 0. The Hall–Kier alpha value is -0.820. The van der Waals surface area contributed by atoms with Gasteiger partial charge in [-0.3, -0.25) is 0 Å². The van der Waals surface area contributed by atoms with Crippen molar-refractivity contribution in [3.8, 4) is 0 Å². The van der Waals surface area contributed by atoms with Crippen LogP contribution in [0.3, 0.4) is 0 Å². The third-order valence-electron chi connectivity index (χ3n) is 4.23. The van der Waals surface area contributed by atoms with Crippen LogP contribution < -0.4 is 5.32 Å². The van der Waals surface area contributed by atoms with Gasteiger partial charge in [0.05, 0.1) is 0 Å². The van der Waals surface area contributed by atoms with Crippen LogP contribution in [0.25, 0.3) is 0 Å². The van der Waals surface area contributed by atoms with Crippen molar-refractivity contribution < 1.29 is 0 Å². The molecule has 1 nitrogen and oxygen atoms in total. The van der Waals surface area contributed by atoms with Crippen molar-refractivity contribution >= 4 is 0 Å². The van der Waals surface area contributed by atoms with Crippen molar-refractivity contribution in [2.24, 2.45) is 5.41 Å². The van der Waals surface area contributed by atoms with E-state index in [9.17, 15) is 0 Å². The van der Waals surface area contributed by atoms with Crippen LogP contribution in [0.4, 0.5) is 0 Å². The molecular weight excluding hydrogens is 194 g/mol. The van der Waals surface area contributed by atoms with Gasteiger partial charge in [0.15, 0.2) is 0 Å². The summed E-state index contributed by atoms with van der Waals surface area (Å²) in [6.07, 6.45) is 5.26. The monoisotopic (exact) mass is 215 g/mol. The summed E-state index contributed by atoms with van der Waals surface area (Å²) in [5.74, 6) is 0. The first-order valence-corrected chi connectivity index (χ1v) is 6.49. The second-order valence-electron chi connectivity index (χ2n) is 6.08. The molecule has 1 aromatic carbocycles. The van der Waals surface area contributed by atoms with Gasteiger partial charge in [0.1, 0.15) is 0 Å². The lowest BCUT2D eigenvalue weighted by molar-refractivity contribution is 0.542. The average Bonchev–Trinajstić information content (AvgIpc) is 2.69. The summed E-state index contributed by atoms with van der Waals surface area (Å²) < 4.78 is 0. The smallest absolute Gasteiger partial charge is 0.0208 e. The van der Waals surface area contributed by atoms with Crippen molar-refractivity contribution in [1.82, 2.24) is 5.32 Å². The summed E-state index contributed by atoms with van der Waals surface area (Å²) in [4.78, 5) is 0. The van der Waals surface area contributed by atoms with E-state index in [1.807, 2.05) is 0 Å². The highest BCUT2D eigenvalue weighted by Gasteiger charge is 2.44. The lowest BCUT2D eigenvalue weighted by Gasteiger charge is -2.08. The second kappa shape index (κ2) is 3.59. The summed E-state index contributed by atoms with van der Waals surface area (Å²) in [5, 5.41) is 3.65. The lowest BCUT2D eigenvalue weighted by atomic mass is 10.1. The van der Waals surface area contributed by atoms with E-state index >= 15 is 0 Å². The van der Waals surface area contributed by atoms with Crippen LogP contribution in [0.5, 0.6) is 0 Å². The molecule has 0 bridgehead atoms. The molecule has 1 saturated carbocycles. The van der Waals surface area contributed by atoms with Crippen LogP contribution in [0.1, 0.15) is 43.4 Å². The van der Waals surface area contributed by atoms with E-state index in [1.165, 1.54) is 31.2 Å². The average molecular weight is 215 g/mol. The maximum absolute atomic E-state index is 3.65. The molecule has 0 amide bonds. The normalized spacial score (nSPS) is 25.5. The minimum absolute atomic E-state index is 0.538. The Morgan fingerprint density at radius 3 is 2.75 bits per heavy atom. The molecule has 1 aromatic rings. The molecular formula is C15H21N. The molecule has 2 aliphatic rings. The van der Waals surface area contributed by atoms with Gasteiger partial charge in [-0.15, -0.1) is 0 Å². The zero-order valence-corrected chi connectivity index (χ0v) is 10.3. The number of fused-ring (bicyclic) bond motifs is 1. The Labute approximate surface area is 98.3 Å². The van der Waals surface area contributed by atoms with E-state index in [4.69, 9.17) is 0 Å². The van der Waals surface area contributed by atoms with E-state index in [0.29, 0.717) is 5.41 Å². The van der Waals surface area contributed by atoms with E-state index in [1.54, 1.807) is 11.1 Å². The predicted octanol–water partition coefficient (Wildman–Crippen LogP) is 3.06. The molecule has 16 heavy (non-hydrogen) atoms. The molecule has 3 rings (SSSR count). The molecule has 2 aliphatic carbocycles. The van der Waals surface area contributed by atoms with Crippen molar-refractivity contribution in [3.63, 3.8) is 0 Å². The first-order chi connectivity index (χ1) is 7.65. The third kappa shape index (κ3) is 1.89. The van der Waals surface area contributed by atoms with Gasteiger partial charge in [-0.1, -0.05) is 32.0 Å². The number of rotatable bonds is 3. The first kappa shape index (κ1) is 10.3. The Kier molecular flexibility index (Phi) is 2.32. The van der Waals surface area contributed by atoms with Gasteiger partial charge in [-0.2, -0.15) is 0 Å². The van der Waals surface area contributed by atoms with Gasteiger partial charge in [0.2, 0.25) is 0 Å². The molecule has 0 radical (unpaired) electrons. The molecule has 0 aliphatic heterocycles. The van der Waals surface area contributed by atoms with E-state index in [-0.39, 0.29) is 0 Å². The van der Waals surface area contributed by atoms with Gasteiger partial charge >= 0.3 is 0 Å². The third-order valence-corrected chi connectivity index (χ3v) is 4.23. The van der Waals surface area contributed by atoms with Gasteiger partial charge < -0.3 is 5.32 Å². The largest absolute Gasteiger partial charge is 0.309 e. The zero-order chi connectivity index (χ0) is 11.2. The molecule has 0 saturated heterocycles. The molecule has 86 valence electrons. The summed E-state index contributed by atoms with van der Waals surface area (Å²) in [7, 11) is 0. The molecule has 1 fully saturated rings. The van der Waals surface area contributed by atoms with Crippen LogP contribution in [-0.4, -0.2) is 6.04 Å². The predicted molar refractivity (Wildman–Crippen MR) is 67.5 cm³/mol.